The Morgan fingerprint density at radius 1 is 1.17 bits per heavy atom. The Labute approximate surface area is 176 Å². The van der Waals surface area contributed by atoms with Crippen LogP contribution < -0.4 is 9.47 Å². The van der Waals surface area contributed by atoms with Crippen LogP contribution in [0.1, 0.15) is 50.3 Å². The molecule has 1 saturated heterocycles. The molecule has 2 atom stereocenters. The van der Waals surface area contributed by atoms with Gasteiger partial charge in [-0.2, -0.15) is 5.10 Å². The lowest BCUT2D eigenvalue weighted by molar-refractivity contribution is -0.212. The molecule has 3 aliphatic heterocycles. The molecule has 0 radical (unpaired) electrons. The summed E-state index contributed by atoms with van der Waals surface area (Å²) in [6, 6.07) is 14.1. The number of hydrogen-bond donors (Lipinski definition) is 0. The number of hydrogen-bond acceptors (Lipinski definition) is 5. The number of rotatable bonds is 2. The average Bonchev–Trinajstić information content (AvgIpc) is 3.14. The molecule has 3 aliphatic rings. The molecule has 5 nitrogen and oxygen atoms in total. The molecular formula is C23H25ClN2O3. The van der Waals surface area contributed by atoms with Crippen molar-refractivity contribution in [2.45, 2.75) is 50.5 Å². The molecular weight excluding hydrogens is 388 g/mol. The van der Waals surface area contributed by atoms with E-state index in [1.165, 1.54) is 0 Å². The lowest BCUT2D eigenvalue weighted by atomic mass is 9.86. The van der Waals surface area contributed by atoms with Crippen molar-refractivity contribution in [3.05, 3.63) is 58.6 Å². The van der Waals surface area contributed by atoms with Gasteiger partial charge >= 0.3 is 0 Å². The molecule has 0 aromatic heterocycles. The molecule has 0 bridgehead atoms. The third kappa shape index (κ3) is 3.08. The molecule has 2 aromatic rings. The topological polar surface area (TPSA) is 43.3 Å². The summed E-state index contributed by atoms with van der Waals surface area (Å²) >= 11 is 6.09. The molecule has 3 heterocycles. The normalized spacial score (nSPS) is 27.1. The maximum absolute atomic E-state index is 6.73. The van der Waals surface area contributed by atoms with Crippen LogP contribution in [0.15, 0.2) is 47.6 Å². The van der Waals surface area contributed by atoms with Gasteiger partial charge in [0.05, 0.1) is 31.1 Å². The highest BCUT2D eigenvalue weighted by Crippen LogP contribution is 2.54. The van der Waals surface area contributed by atoms with Gasteiger partial charge in [0.2, 0.25) is 5.72 Å². The van der Waals surface area contributed by atoms with Crippen LogP contribution in [0.4, 0.5) is 0 Å². The Balaban J connectivity index is 1.63. The third-order valence-electron chi connectivity index (χ3n) is 6.07. The quantitative estimate of drug-likeness (QED) is 0.681. The Morgan fingerprint density at radius 2 is 1.97 bits per heavy atom. The Morgan fingerprint density at radius 3 is 2.69 bits per heavy atom. The lowest BCUT2D eigenvalue weighted by Gasteiger charge is -2.52. The number of nitrogens with zero attached hydrogens (tertiary/aromatic N) is 2. The lowest BCUT2D eigenvalue weighted by Crippen LogP contribution is -2.60. The first-order chi connectivity index (χ1) is 13.9. The van der Waals surface area contributed by atoms with Gasteiger partial charge in [0, 0.05) is 29.8 Å². The second kappa shape index (κ2) is 6.64. The SMILES string of the molecule is COc1cccc2c1O[C@]1(CCOC(C)(C)C1)N1N=C(c3ccc(Cl)cc3)C[C@@H]21. The molecule has 0 unspecified atom stereocenters. The summed E-state index contributed by atoms with van der Waals surface area (Å²) in [6.45, 7) is 4.86. The van der Waals surface area contributed by atoms with Gasteiger partial charge in [-0.3, -0.25) is 0 Å². The minimum atomic E-state index is -0.553. The number of halogens is 1. The predicted molar refractivity (Wildman–Crippen MR) is 113 cm³/mol. The van der Waals surface area contributed by atoms with Crippen molar-refractivity contribution in [2.24, 2.45) is 5.10 Å². The molecule has 0 saturated carbocycles. The van der Waals surface area contributed by atoms with E-state index in [2.05, 4.69) is 24.9 Å². The summed E-state index contributed by atoms with van der Waals surface area (Å²) in [5.41, 5.74) is 2.42. The van der Waals surface area contributed by atoms with E-state index in [1.54, 1.807) is 7.11 Å². The summed E-state index contributed by atoms with van der Waals surface area (Å²) in [5, 5.41) is 8.00. The van der Waals surface area contributed by atoms with E-state index >= 15 is 0 Å². The molecule has 5 rings (SSSR count). The minimum absolute atomic E-state index is 0.105. The zero-order valence-corrected chi connectivity index (χ0v) is 17.7. The number of benzene rings is 2. The minimum Gasteiger partial charge on any atom is -0.493 e. The maximum Gasteiger partial charge on any atom is 0.203 e. The van der Waals surface area contributed by atoms with Gasteiger partial charge in [-0.1, -0.05) is 35.9 Å². The summed E-state index contributed by atoms with van der Waals surface area (Å²) in [7, 11) is 1.69. The monoisotopic (exact) mass is 412 g/mol. The van der Waals surface area contributed by atoms with E-state index in [4.69, 9.17) is 30.9 Å². The number of hydrazone groups is 1. The summed E-state index contributed by atoms with van der Waals surface area (Å²) in [5.74, 6) is 1.60. The average molecular weight is 413 g/mol. The molecule has 1 spiro atoms. The smallest absolute Gasteiger partial charge is 0.203 e. The number of methoxy groups -OCH3 is 1. The molecule has 2 aromatic carbocycles. The van der Waals surface area contributed by atoms with Crippen LogP contribution >= 0.6 is 11.6 Å². The highest BCUT2D eigenvalue weighted by molar-refractivity contribution is 6.30. The molecule has 6 heteroatoms. The van der Waals surface area contributed by atoms with Crippen LogP contribution in [0.3, 0.4) is 0 Å². The summed E-state index contributed by atoms with van der Waals surface area (Å²) in [4.78, 5) is 0. The number of ether oxygens (including phenoxy) is 3. The van der Waals surface area contributed by atoms with Crippen molar-refractivity contribution in [1.29, 1.82) is 0 Å². The fourth-order valence-corrected chi connectivity index (χ4v) is 4.95. The molecule has 152 valence electrons. The Hall–Kier alpha value is -2.24. The van der Waals surface area contributed by atoms with Crippen LogP contribution in [-0.2, 0) is 4.74 Å². The number of fused-ring (bicyclic) bond motifs is 4. The molecule has 0 N–H and O–H groups in total. The summed E-state index contributed by atoms with van der Waals surface area (Å²) in [6.07, 6.45) is 2.29. The van der Waals surface area contributed by atoms with Gasteiger partial charge in [-0.15, -0.1) is 0 Å². The second-order valence-corrected chi connectivity index (χ2v) is 9.02. The predicted octanol–water partition coefficient (Wildman–Crippen LogP) is 5.18. The largest absolute Gasteiger partial charge is 0.493 e. The first-order valence-corrected chi connectivity index (χ1v) is 10.4. The summed E-state index contributed by atoms with van der Waals surface area (Å²) < 4.78 is 18.4. The van der Waals surface area contributed by atoms with E-state index in [1.807, 2.05) is 36.4 Å². The first-order valence-electron chi connectivity index (χ1n) is 10.0. The highest BCUT2D eigenvalue weighted by Gasteiger charge is 2.55. The van der Waals surface area contributed by atoms with E-state index in [-0.39, 0.29) is 11.6 Å². The zero-order chi connectivity index (χ0) is 20.2. The van der Waals surface area contributed by atoms with Crippen LogP contribution in [0.25, 0.3) is 0 Å². The van der Waals surface area contributed by atoms with Gasteiger partial charge < -0.3 is 14.2 Å². The van der Waals surface area contributed by atoms with Crippen molar-refractivity contribution in [3.63, 3.8) is 0 Å². The molecule has 0 aliphatic carbocycles. The molecule has 0 amide bonds. The van der Waals surface area contributed by atoms with Gasteiger partial charge in [-0.25, -0.2) is 5.01 Å². The van der Waals surface area contributed by atoms with Crippen molar-refractivity contribution >= 4 is 17.3 Å². The fraction of sp³-hybridized carbons (Fsp3) is 0.435. The zero-order valence-electron chi connectivity index (χ0n) is 16.9. The van der Waals surface area contributed by atoms with Crippen LogP contribution in [-0.4, -0.2) is 35.8 Å². The van der Waals surface area contributed by atoms with E-state index in [0.717, 1.165) is 52.6 Å². The van der Waals surface area contributed by atoms with E-state index < -0.39 is 5.72 Å². The van der Waals surface area contributed by atoms with Gasteiger partial charge in [-0.05, 0) is 37.6 Å². The van der Waals surface area contributed by atoms with Crippen LogP contribution in [0.2, 0.25) is 5.02 Å². The van der Waals surface area contributed by atoms with Crippen molar-refractivity contribution in [3.8, 4) is 11.5 Å². The second-order valence-electron chi connectivity index (χ2n) is 8.58. The van der Waals surface area contributed by atoms with Crippen molar-refractivity contribution in [2.75, 3.05) is 13.7 Å². The Kier molecular flexibility index (Phi) is 4.30. The van der Waals surface area contributed by atoms with Crippen molar-refractivity contribution < 1.29 is 14.2 Å². The van der Waals surface area contributed by atoms with Gasteiger partial charge in [0.15, 0.2) is 11.5 Å². The van der Waals surface area contributed by atoms with Crippen LogP contribution in [0.5, 0.6) is 11.5 Å². The fourth-order valence-electron chi connectivity index (χ4n) is 4.82. The van der Waals surface area contributed by atoms with E-state index in [0.29, 0.717) is 6.61 Å². The molecule has 29 heavy (non-hydrogen) atoms. The Bertz CT molecular complexity index is 973. The third-order valence-corrected chi connectivity index (χ3v) is 6.33. The first kappa shape index (κ1) is 18.8. The van der Waals surface area contributed by atoms with E-state index in [9.17, 15) is 0 Å². The standard InChI is InChI=1S/C23H25ClN2O3/c1-22(2)14-23(11-12-28-22)26-19(17-5-4-6-20(27-3)21(17)29-23)13-18(25-26)15-7-9-16(24)10-8-15/h4-10,19H,11-14H2,1-3H3/t19-,23-/m0/s1. The van der Waals surface area contributed by atoms with Gasteiger partial charge in [0.25, 0.3) is 0 Å². The maximum atomic E-state index is 6.73. The van der Waals surface area contributed by atoms with Crippen LogP contribution in [0, 0.1) is 0 Å². The van der Waals surface area contributed by atoms with Crippen molar-refractivity contribution in [1.82, 2.24) is 5.01 Å². The number of para-hydroxylation sites is 1. The highest BCUT2D eigenvalue weighted by atomic mass is 35.5. The van der Waals surface area contributed by atoms with Gasteiger partial charge in [0.1, 0.15) is 0 Å². The molecule has 1 fully saturated rings.